The summed E-state index contributed by atoms with van der Waals surface area (Å²) in [4.78, 5) is 1.04. The molecule has 1 aromatic carbocycles. The molecule has 0 aliphatic rings. The Morgan fingerprint density at radius 3 is 2.64 bits per heavy atom. The Labute approximate surface area is 73.4 Å². The maximum Gasteiger partial charge on any atom is 0.0115 e. The Morgan fingerprint density at radius 2 is 2.09 bits per heavy atom. The summed E-state index contributed by atoms with van der Waals surface area (Å²) in [5, 5.41) is 0. The van der Waals surface area contributed by atoms with Crippen LogP contribution in [-0.4, -0.2) is 0 Å². The molecule has 11 heavy (non-hydrogen) atoms. The first-order valence-electron chi connectivity index (χ1n) is 3.66. The predicted molar refractivity (Wildman–Crippen MR) is 53.1 cm³/mol. The second kappa shape index (κ2) is 3.63. The molecule has 0 heterocycles. The summed E-state index contributed by atoms with van der Waals surface area (Å²) in [5.41, 5.74) is 2.43. The number of benzene rings is 1. The highest BCUT2D eigenvalue weighted by Crippen LogP contribution is 2.16. The maximum atomic E-state index is 4.35. The highest BCUT2D eigenvalue weighted by Gasteiger charge is 1.92. The van der Waals surface area contributed by atoms with Crippen molar-refractivity contribution in [1.82, 2.24) is 0 Å². The van der Waals surface area contributed by atoms with E-state index in [9.17, 15) is 0 Å². The number of allylic oxidation sites excluding steroid dienone is 1. The molecule has 1 heteroatoms. The SMILES string of the molecule is C/C=C\c1ccc(C)cc1S. The molecule has 58 valence electrons. The van der Waals surface area contributed by atoms with E-state index in [0.717, 1.165) is 4.90 Å². The number of rotatable bonds is 1. The van der Waals surface area contributed by atoms with Crippen LogP contribution in [0, 0.1) is 6.92 Å². The van der Waals surface area contributed by atoms with Crippen LogP contribution in [0.3, 0.4) is 0 Å². The van der Waals surface area contributed by atoms with Crippen LogP contribution >= 0.6 is 12.6 Å². The molecule has 0 unspecified atom stereocenters. The molecular formula is C10H12S. The summed E-state index contributed by atoms with van der Waals surface area (Å²) in [5.74, 6) is 0. The summed E-state index contributed by atoms with van der Waals surface area (Å²) in [7, 11) is 0. The molecule has 0 atom stereocenters. The molecule has 0 aliphatic heterocycles. The Balaban J connectivity index is 3.09. The summed E-state index contributed by atoms with van der Waals surface area (Å²) < 4.78 is 0. The van der Waals surface area contributed by atoms with Gasteiger partial charge in [0.25, 0.3) is 0 Å². The molecule has 0 nitrogen and oxygen atoms in total. The smallest absolute Gasteiger partial charge is 0.0115 e. The second-order valence-electron chi connectivity index (χ2n) is 2.56. The summed E-state index contributed by atoms with van der Waals surface area (Å²) in [6.07, 6.45) is 4.08. The zero-order valence-corrected chi connectivity index (χ0v) is 7.73. The Bertz CT molecular complexity index is 274. The lowest BCUT2D eigenvalue weighted by atomic mass is 10.1. The van der Waals surface area contributed by atoms with Crippen LogP contribution < -0.4 is 0 Å². The van der Waals surface area contributed by atoms with Gasteiger partial charge in [0.15, 0.2) is 0 Å². The Hall–Kier alpha value is -0.690. The molecule has 0 fully saturated rings. The Morgan fingerprint density at radius 1 is 1.36 bits per heavy atom. The summed E-state index contributed by atoms with van der Waals surface area (Å²) in [6, 6.07) is 6.24. The van der Waals surface area contributed by atoms with Gasteiger partial charge in [-0.15, -0.1) is 12.6 Å². The van der Waals surface area contributed by atoms with E-state index in [1.165, 1.54) is 11.1 Å². The van der Waals surface area contributed by atoms with Crippen LogP contribution in [0.15, 0.2) is 29.2 Å². The van der Waals surface area contributed by atoms with Gasteiger partial charge < -0.3 is 0 Å². The molecule has 0 saturated heterocycles. The molecular weight excluding hydrogens is 152 g/mol. The van der Waals surface area contributed by atoms with Crippen LogP contribution in [0.4, 0.5) is 0 Å². The van der Waals surface area contributed by atoms with Gasteiger partial charge in [0.1, 0.15) is 0 Å². The van der Waals surface area contributed by atoms with Crippen molar-refractivity contribution in [3.05, 3.63) is 35.4 Å². The first-order chi connectivity index (χ1) is 5.24. The Kier molecular flexibility index (Phi) is 2.77. The fourth-order valence-corrected chi connectivity index (χ4v) is 1.33. The molecule has 0 bridgehead atoms. The molecule has 0 saturated carbocycles. The molecule has 0 aliphatic carbocycles. The first kappa shape index (κ1) is 8.41. The van der Waals surface area contributed by atoms with Crippen molar-refractivity contribution in [3.8, 4) is 0 Å². The third kappa shape index (κ3) is 2.12. The van der Waals surface area contributed by atoms with E-state index < -0.39 is 0 Å². The standard InChI is InChI=1S/C10H12S/c1-3-4-9-6-5-8(2)7-10(9)11/h3-7,11H,1-2H3/b4-3-. The van der Waals surface area contributed by atoms with E-state index in [2.05, 4.69) is 43.8 Å². The van der Waals surface area contributed by atoms with Gasteiger partial charge in [-0.25, -0.2) is 0 Å². The fourth-order valence-electron chi connectivity index (χ4n) is 0.974. The third-order valence-electron chi connectivity index (χ3n) is 1.53. The summed E-state index contributed by atoms with van der Waals surface area (Å²) >= 11 is 4.35. The zero-order valence-electron chi connectivity index (χ0n) is 6.83. The summed E-state index contributed by atoms with van der Waals surface area (Å²) in [6.45, 7) is 4.08. The van der Waals surface area contributed by atoms with Crippen molar-refractivity contribution in [3.63, 3.8) is 0 Å². The average Bonchev–Trinajstić information content (AvgIpc) is 1.95. The monoisotopic (exact) mass is 164 g/mol. The topological polar surface area (TPSA) is 0 Å². The van der Waals surface area contributed by atoms with Crippen molar-refractivity contribution in [1.29, 1.82) is 0 Å². The zero-order chi connectivity index (χ0) is 8.27. The fraction of sp³-hybridized carbons (Fsp3) is 0.200. The van der Waals surface area contributed by atoms with Gasteiger partial charge >= 0.3 is 0 Å². The number of thiol groups is 1. The van der Waals surface area contributed by atoms with Crippen molar-refractivity contribution in [2.24, 2.45) is 0 Å². The van der Waals surface area contributed by atoms with Crippen LogP contribution in [-0.2, 0) is 0 Å². The maximum absolute atomic E-state index is 4.35. The predicted octanol–water partition coefficient (Wildman–Crippen LogP) is 3.32. The van der Waals surface area contributed by atoms with Crippen LogP contribution in [0.1, 0.15) is 18.1 Å². The van der Waals surface area contributed by atoms with E-state index in [0.29, 0.717) is 0 Å². The third-order valence-corrected chi connectivity index (χ3v) is 1.92. The van der Waals surface area contributed by atoms with E-state index in [1.54, 1.807) is 0 Å². The molecule has 1 rings (SSSR count). The van der Waals surface area contributed by atoms with Crippen molar-refractivity contribution < 1.29 is 0 Å². The molecule has 0 N–H and O–H groups in total. The van der Waals surface area contributed by atoms with E-state index in [1.807, 2.05) is 13.0 Å². The van der Waals surface area contributed by atoms with E-state index in [-0.39, 0.29) is 0 Å². The van der Waals surface area contributed by atoms with E-state index in [4.69, 9.17) is 0 Å². The minimum absolute atomic E-state index is 1.04. The van der Waals surface area contributed by atoms with Gasteiger partial charge in [-0.05, 0) is 31.0 Å². The largest absolute Gasteiger partial charge is 0.143 e. The van der Waals surface area contributed by atoms with Crippen molar-refractivity contribution in [2.75, 3.05) is 0 Å². The normalized spacial score (nSPS) is 10.8. The van der Waals surface area contributed by atoms with Crippen molar-refractivity contribution >= 4 is 18.7 Å². The van der Waals surface area contributed by atoms with Gasteiger partial charge in [-0.2, -0.15) is 0 Å². The van der Waals surface area contributed by atoms with E-state index >= 15 is 0 Å². The van der Waals surface area contributed by atoms with Gasteiger partial charge in [0, 0.05) is 4.90 Å². The second-order valence-corrected chi connectivity index (χ2v) is 3.04. The molecule has 1 aromatic rings. The molecule has 0 spiro atoms. The first-order valence-corrected chi connectivity index (χ1v) is 4.11. The van der Waals surface area contributed by atoms with Crippen LogP contribution in [0.2, 0.25) is 0 Å². The van der Waals surface area contributed by atoms with Gasteiger partial charge in [0.05, 0.1) is 0 Å². The van der Waals surface area contributed by atoms with Crippen LogP contribution in [0.25, 0.3) is 6.08 Å². The lowest BCUT2D eigenvalue weighted by Crippen LogP contribution is -1.77. The van der Waals surface area contributed by atoms with Crippen molar-refractivity contribution in [2.45, 2.75) is 18.7 Å². The van der Waals surface area contributed by atoms with Gasteiger partial charge in [-0.3, -0.25) is 0 Å². The van der Waals surface area contributed by atoms with Gasteiger partial charge in [-0.1, -0.05) is 24.3 Å². The minimum Gasteiger partial charge on any atom is -0.143 e. The van der Waals surface area contributed by atoms with Gasteiger partial charge in [0.2, 0.25) is 0 Å². The average molecular weight is 164 g/mol. The van der Waals surface area contributed by atoms with Crippen LogP contribution in [0.5, 0.6) is 0 Å². The number of aryl methyl sites for hydroxylation is 1. The highest BCUT2D eigenvalue weighted by molar-refractivity contribution is 7.80. The molecule has 0 radical (unpaired) electrons. The molecule has 0 aromatic heterocycles. The lowest BCUT2D eigenvalue weighted by molar-refractivity contribution is 1.35. The number of hydrogen-bond acceptors (Lipinski definition) is 1. The molecule has 0 amide bonds. The number of hydrogen-bond donors (Lipinski definition) is 1. The minimum atomic E-state index is 1.04. The lowest BCUT2D eigenvalue weighted by Gasteiger charge is -1.99. The highest BCUT2D eigenvalue weighted by atomic mass is 32.1. The quantitative estimate of drug-likeness (QED) is 0.605.